The predicted octanol–water partition coefficient (Wildman–Crippen LogP) is 4.80. The number of guanidine groups is 1. The number of nitrogens with zero attached hydrogens (tertiary/aromatic N) is 1. The zero-order valence-corrected chi connectivity index (χ0v) is 17.5. The molecule has 0 heterocycles. The van der Waals surface area contributed by atoms with Crippen molar-refractivity contribution in [1.29, 1.82) is 0 Å². The van der Waals surface area contributed by atoms with Gasteiger partial charge in [0.05, 0.1) is 0 Å². The van der Waals surface area contributed by atoms with Crippen LogP contribution in [0.3, 0.4) is 0 Å². The number of hydrogen-bond acceptors (Lipinski definition) is 3. The Kier molecular flexibility index (Phi) is 14.8. The molecule has 6 heteroatoms. The van der Waals surface area contributed by atoms with E-state index in [-0.39, 0.29) is 18.3 Å². The van der Waals surface area contributed by atoms with Crippen LogP contribution in [0.2, 0.25) is 0 Å². The van der Waals surface area contributed by atoms with Gasteiger partial charge in [-0.2, -0.15) is 0 Å². The summed E-state index contributed by atoms with van der Waals surface area (Å²) in [5.74, 6) is -1.89. The monoisotopic (exact) mass is 398 g/mol. The molecule has 0 aromatic carbocycles. The maximum atomic E-state index is 11.9. The average Bonchev–Trinajstić information content (AvgIpc) is 2.68. The second-order valence-corrected chi connectivity index (χ2v) is 7.09. The Morgan fingerprint density at radius 1 is 0.929 bits per heavy atom. The maximum Gasteiger partial charge on any atom is 0.322 e. The molecule has 1 amide bonds. The van der Waals surface area contributed by atoms with Crippen molar-refractivity contribution in [3.63, 3.8) is 0 Å². The fraction of sp³-hybridized carbons (Fsp3) is 0.773. The lowest BCUT2D eigenvalue weighted by atomic mass is 10.1. The van der Waals surface area contributed by atoms with Crippen LogP contribution < -0.4 is 10.6 Å². The number of nitrogens with one attached hydrogen (secondary N) is 2. The quantitative estimate of drug-likeness (QED) is 0.142. The van der Waals surface area contributed by atoms with Gasteiger partial charge < -0.3 is 10.4 Å². The fourth-order valence-corrected chi connectivity index (χ4v) is 2.82. The van der Waals surface area contributed by atoms with Gasteiger partial charge in [0.2, 0.25) is 5.91 Å². The number of unbranched alkanes of at least 4 members (excludes halogenated alkanes) is 11. The van der Waals surface area contributed by atoms with Crippen molar-refractivity contribution in [3.05, 3.63) is 12.2 Å². The molecule has 0 fully saturated rings. The van der Waals surface area contributed by atoms with Crippen LogP contribution in [-0.4, -0.2) is 36.5 Å². The molecule has 162 valence electrons. The van der Waals surface area contributed by atoms with Gasteiger partial charge in [-0.3, -0.25) is 19.9 Å². The summed E-state index contributed by atoms with van der Waals surface area (Å²) in [6.45, 7) is -0.944. The molecule has 6 nitrogen and oxygen atoms in total. The molecular weight excluding hydrogens is 354 g/mol. The van der Waals surface area contributed by atoms with Gasteiger partial charge in [0.1, 0.15) is 6.54 Å². The molecule has 0 unspecified atom stereocenters. The van der Waals surface area contributed by atoms with Gasteiger partial charge >= 0.3 is 5.97 Å². The summed E-state index contributed by atoms with van der Waals surface area (Å²) in [7, 11) is 0. The number of carbonyl (C=O) groups is 2. The van der Waals surface area contributed by atoms with E-state index in [0.717, 1.165) is 32.1 Å². The topological polar surface area (TPSA) is 90.8 Å². The first kappa shape index (κ1) is 20.9. The van der Waals surface area contributed by atoms with E-state index >= 15 is 0 Å². The lowest BCUT2D eigenvalue weighted by molar-refractivity contribution is -0.135. The summed E-state index contributed by atoms with van der Waals surface area (Å²) < 4.78 is 21.4. The number of amides is 1. The minimum Gasteiger partial charge on any atom is -0.480 e. The van der Waals surface area contributed by atoms with Gasteiger partial charge in [0, 0.05) is 17.5 Å². The van der Waals surface area contributed by atoms with Crippen molar-refractivity contribution >= 4 is 17.8 Å². The fourth-order valence-electron chi connectivity index (χ4n) is 2.82. The molecule has 0 radical (unpaired) electrons. The van der Waals surface area contributed by atoms with Gasteiger partial charge in [0.15, 0.2) is 5.96 Å². The summed E-state index contributed by atoms with van der Waals surface area (Å²) in [5, 5.41) is 13.3. The Labute approximate surface area is 175 Å². The highest BCUT2D eigenvalue weighted by Crippen LogP contribution is 2.09. The summed E-state index contributed by atoms with van der Waals surface area (Å²) in [6.07, 6.45) is 20.0. The number of rotatable bonds is 17. The van der Waals surface area contributed by atoms with Crippen molar-refractivity contribution in [2.75, 3.05) is 13.5 Å². The Bertz CT molecular complexity index is 550. The molecule has 0 aliphatic carbocycles. The van der Waals surface area contributed by atoms with Crippen molar-refractivity contribution in [2.24, 2.45) is 4.99 Å². The van der Waals surface area contributed by atoms with E-state index in [1.165, 1.54) is 44.9 Å². The third kappa shape index (κ3) is 18.9. The second kappa shape index (κ2) is 19.9. The smallest absolute Gasteiger partial charge is 0.322 e. The number of carboxylic acid groups (broad SMARTS) is 1. The molecule has 0 atom stereocenters. The Balaban J connectivity index is 3.76. The van der Waals surface area contributed by atoms with Crippen LogP contribution in [0.4, 0.5) is 0 Å². The van der Waals surface area contributed by atoms with Crippen molar-refractivity contribution in [1.82, 2.24) is 10.6 Å². The van der Waals surface area contributed by atoms with Gasteiger partial charge in [-0.25, -0.2) is 0 Å². The van der Waals surface area contributed by atoms with Crippen molar-refractivity contribution < 1.29 is 18.8 Å². The van der Waals surface area contributed by atoms with Crippen molar-refractivity contribution in [2.45, 2.75) is 96.8 Å². The van der Waals surface area contributed by atoms with E-state index in [1.54, 1.807) is 0 Å². The SMILES string of the molecule is [2H]C([2H])([2H])N=C(NCC(=O)O)NC(=O)CCCCCCC/C=C\CCCCCCCC. The summed E-state index contributed by atoms with van der Waals surface area (Å²) in [5.41, 5.74) is 0. The molecule has 0 bridgehead atoms. The molecule has 0 aliphatic rings. The molecule has 0 rings (SSSR count). The van der Waals surface area contributed by atoms with Crippen LogP contribution in [0.15, 0.2) is 17.1 Å². The van der Waals surface area contributed by atoms with Crippen LogP contribution in [-0.2, 0) is 9.59 Å². The number of carboxylic acids is 1. The van der Waals surface area contributed by atoms with Gasteiger partial charge in [-0.1, -0.05) is 70.4 Å². The van der Waals surface area contributed by atoms with E-state index in [1.807, 2.05) is 0 Å². The van der Waals surface area contributed by atoms with Crippen LogP contribution in [0, 0.1) is 0 Å². The Hall–Kier alpha value is -1.85. The maximum absolute atomic E-state index is 11.9. The Morgan fingerprint density at radius 3 is 2.07 bits per heavy atom. The van der Waals surface area contributed by atoms with E-state index in [4.69, 9.17) is 9.22 Å². The third-order valence-corrected chi connectivity index (χ3v) is 4.44. The average molecular weight is 399 g/mol. The predicted molar refractivity (Wildman–Crippen MR) is 117 cm³/mol. The lowest BCUT2D eigenvalue weighted by Gasteiger charge is -2.08. The first-order chi connectivity index (χ1) is 14.7. The number of aliphatic carboxylic acids is 1. The molecule has 0 spiro atoms. The summed E-state index contributed by atoms with van der Waals surface area (Å²) in [6, 6.07) is 0. The van der Waals surface area contributed by atoms with E-state index in [9.17, 15) is 9.59 Å². The lowest BCUT2D eigenvalue weighted by Crippen LogP contribution is -2.42. The van der Waals surface area contributed by atoms with E-state index in [2.05, 4.69) is 34.7 Å². The summed E-state index contributed by atoms with van der Waals surface area (Å²) in [4.78, 5) is 25.9. The molecule has 0 aromatic rings. The molecule has 0 aromatic heterocycles. The highest BCUT2D eigenvalue weighted by atomic mass is 16.4. The molecule has 0 aliphatic heterocycles. The van der Waals surface area contributed by atoms with Crippen LogP contribution in [0.5, 0.6) is 0 Å². The highest BCUT2D eigenvalue weighted by molar-refractivity contribution is 5.97. The normalized spacial score (nSPS) is 13.8. The van der Waals surface area contributed by atoms with Crippen LogP contribution in [0.25, 0.3) is 0 Å². The van der Waals surface area contributed by atoms with Gasteiger partial charge in [-0.15, -0.1) is 0 Å². The minimum atomic E-state index is -2.66. The third-order valence-electron chi connectivity index (χ3n) is 4.44. The molecule has 0 saturated carbocycles. The number of aliphatic imine (C=N–C) groups is 1. The highest BCUT2D eigenvalue weighted by Gasteiger charge is 2.06. The minimum absolute atomic E-state index is 0.243. The van der Waals surface area contributed by atoms with E-state index < -0.39 is 19.5 Å². The first-order valence-electron chi connectivity index (χ1n) is 12.2. The zero-order valence-electron chi connectivity index (χ0n) is 20.5. The van der Waals surface area contributed by atoms with Gasteiger partial charge in [-0.05, 0) is 32.1 Å². The van der Waals surface area contributed by atoms with Crippen LogP contribution in [0.1, 0.15) is 101 Å². The van der Waals surface area contributed by atoms with Crippen molar-refractivity contribution in [3.8, 4) is 0 Å². The molecular formula is C22H41N3O3. The number of hydrogen-bond donors (Lipinski definition) is 3. The zero-order chi connectivity index (χ0) is 23.4. The summed E-state index contributed by atoms with van der Waals surface area (Å²) >= 11 is 0. The second-order valence-electron chi connectivity index (χ2n) is 7.09. The van der Waals surface area contributed by atoms with E-state index in [0.29, 0.717) is 6.42 Å². The largest absolute Gasteiger partial charge is 0.480 e. The molecule has 3 N–H and O–H groups in total. The first-order valence-corrected chi connectivity index (χ1v) is 10.7. The van der Waals surface area contributed by atoms with Gasteiger partial charge in [0.25, 0.3) is 0 Å². The van der Waals surface area contributed by atoms with Crippen LogP contribution >= 0.6 is 0 Å². The molecule has 0 saturated heterocycles. The number of allylic oxidation sites excluding steroid dienone is 2. The Morgan fingerprint density at radius 2 is 1.50 bits per heavy atom. The molecule has 28 heavy (non-hydrogen) atoms. The number of carbonyl (C=O) groups excluding carboxylic acids is 1. The standard InChI is InChI=1S/C22H41N3O3/c1-3-4-5-6-7-8-9-10-11-12-13-14-15-16-17-18-20(26)25-22(23-2)24-19-21(27)28/h10-11H,3-9,12-19H2,1-2H3,(H,27,28)(H2,23,24,25,26)/b11-10-/i2D3.